The van der Waals surface area contributed by atoms with Crippen LogP contribution >= 0.6 is 0 Å². The van der Waals surface area contributed by atoms with Crippen molar-refractivity contribution >= 4 is 5.97 Å². The Morgan fingerprint density at radius 1 is 1.35 bits per heavy atom. The average molecular weight is 234 g/mol. The summed E-state index contributed by atoms with van der Waals surface area (Å²) in [4.78, 5) is 11.3. The predicted octanol–water partition coefficient (Wildman–Crippen LogP) is 3.62. The lowest BCUT2D eigenvalue weighted by Gasteiger charge is -2.54. The van der Waals surface area contributed by atoms with Gasteiger partial charge in [0, 0.05) is 5.57 Å². The van der Waals surface area contributed by atoms with Gasteiger partial charge in [-0.15, -0.1) is 0 Å². The van der Waals surface area contributed by atoms with Crippen LogP contribution < -0.4 is 0 Å². The van der Waals surface area contributed by atoms with Crippen LogP contribution in [0.1, 0.15) is 52.9 Å². The Balaban J connectivity index is 2.07. The topological polar surface area (TPSA) is 37.3 Å². The van der Waals surface area contributed by atoms with Crippen LogP contribution in [0, 0.1) is 22.2 Å². The molecule has 2 fully saturated rings. The summed E-state index contributed by atoms with van der Waals surface area (Å²) < 4.78 is 0. The molecule has 0 unspecified atom stereocenters. The molecule has 2 saturated carbocycles. The van der Waals surface area contributed by atoms with Crippen molar-refractivity contribution in [2.24, 2.45) is 22.2 Å². The minimum absolute atomic E-state index is 0.278. The molecule has 94 valence electrons. The second-order valence-electron chi connectivity index (χ2n) is 7.19. The first kappa shape index (κ1) is 11.3. The normalized spacial score (nSPS) is 46.5. The van der Waals surface area contributed by atoms with Gasteiger partial charge in [-0.05, 0) is 47.8 Å². The molecule has 3 atom stereocenters. The van der Waals surface area contributed by atoms with Crippen molar-refractivity contribution < 1.29 is 9.90 Å². The Bertz CT molecular complexity index is 421. The third kappa shape index (κ3) is 1.14. The zero-order chi connectivity index (χ0) is 12.5. The van der Waals surface area contributed by atoms with E-state index in [2.05, 4.69) is 20.8 Å². The average Bonchev–Trinajstić information content (AvgIpc) is 2.93. The zero-order valence-electron chi connectivity index (χ0n) is 11.0. The number of hydrogen-bond donors (Lipinski definition) is 1. The summed E-state index contributed by atoms with van der Waals surface area (Å²) in [5.74, 6) is -0.357. The highest BCUT2D eigenvalue weighted by atomic mass is 16.4. The summed E-state index contributed by atoms with van der Waals surface area (Å²) in [5.41, 5.74) is 1.64. The van der Waals surface area contributed by atoms with E-state index in [0.717, 1.165) is 12.8 Å². The lowest BCUT2D eigenvalue weighted by atomic mass is 9.50. The van der Waals surface area contributed by atoms with Gasteiger partial charge in [0.05, 0.1) is 0 Å². The number of carboxylic acid groups (broad SMARTS) is 1. The molecular weight excluding hydrogens is 212 g/mol. The van der Waals surface area contributed by atoms with Crippen LogP contribution in [0.3, 0.4) is 0 Å². The second-order valence-corrected chi connectivity index (χ2v) is 7.19. The lowest BCUT2D eigenvalue weighted by Crippen LogP contribution is -2.47. The number of rotatable bonds is 1. The van der Waals surface area contributed by atoms with Gasteiger partial charge < -0.3 is 5.11 Å². The molecule has 3 aliphatic rings. The fraction of sp³-hybridized carbons (Fsp3) is 0.800. The van der Waals surface area contributed by atoms with Crippen molar-refractivity contribution in [3.8, 4) is 0 Å². The van der Waals surface area contributed by atoms with Crippen molar-refractivity contribution in [1.29, 1.82) is 0 Å². The van der Waals surface area contributed by atoms with E-state index in [1.807, 2.05) is 6.08 Å². The molecule has 2 nitrogen and oxygen atoms in total. The summed E-state index contributed by atoms with van der Waals surface area (Å²) in [6.07, 6.45) is 7.92. The van der Waals surface area contributed by atoms with E-state index in [1.165, 1.54) is 19.3 Å². The molecule has 0 radical (unpaired) electrons. The molecule has 0 aliphatic heterocycles. The highest BCUT2D eigenvalue weighted by Crippen LogP contribution is 2.80. The Kier molecular flexibility index (Phi) is 1.97. The van der Waals surface area contributed by atoms with Crippen LogP contribution in [0.2, 0.25) is 0 Å². The molecule has 0 aromatic heterocycles. The van der Waals surface area contributed by atoms with Gasteiger partial charge in [-0.2, -0.15) is 0 Å². The quantitative estimate of drug-likeness (QED) is 0.752. The van der Waals surface area contributed by atoms with Crippen LogP contribution in [0.15, 0.2) is 11.6 Å². The number of aliphatic carboxylic acids is 1. The van der Waals surface area contributed by atoms with Crippen LogP contribution in [-0.4, -0.2) is 11.1 Å². The van der Waals surface area contributed by atoms with E-state index in [0.29, 0.717) is 22.3 Å². The molecule has 3 aliphatic carbocycles. The predicted molar refractivity (Wildman–Crippen MR) is 66.6 cm³/mol. The number of allylic oxidation sites excluding steroid dienone is 1. The van der Waals surface area contributed by atoms with Crippen molar-refractivity contribution in [1.82, 2.24) is 0 Å². The Morgan fingerprint density at radius 3 is 2.71 bits per heavy atom. The molecule has 0 bridgehead atoms. The minimum Gasteiger partial charge on any atom is -0.478 e. The third-order valence-electron chi connectivity index (χ3n) is 6.17. The first-order valence-corrected chi connectivity index (χ1v) is 6.77. The van der Waals surface area contributed by atoms with Crippen LogP contribution in [0.4, 0.5) is 0 Å². The molecule has 1 spiro atoms. The van der Waals surface area contributed by atoms with E-state index in [1.54, 1.807) is 0 Å². The summed E-state index contributed by atoms with van der Waals surface area (Å²) in [5, 5.41) is 9.31. The minimum atomic E-state index is -0.685. The fourth-order valence-electron chi connectivity index (χ4n) is 5.24. The van der Waals surface area contributed by atoms with Gasteiger partial charge in [0.2, 0.25) is 0 Å². The van der Waals surface area contributed by atoms with Crippen LogP contribution in [0.5, 0.6) is 0 Å². The monoisotopic (exact) mass is 234 g/mol. The van der Waals surface area contributed by atoms with E-state index >= 15 is 0 Å². The number of carbonyl (C=O) groups is 1. The molecule has 0 heterocycles. The third-order valence-corrected chi connectivity index (χ3v) is 6.17. The second kappa shape index (κ2) is 2.96. The molecule has 0 saturated heterocycles. The Morgan fingerprint density at radius 2 is 2.06 bits per heavy atom. The van der Waals surface area contributed by atoms with E-state index < -0.39 is 5.97 Å². The van der Waals surface area contributed by atoms with Crippen LogP contribution in [-0.2, 0) is 4.79 Å². The van der Waals surface area contributed by atoms with Gasteiger partial charge in [0.25, 0.3) is 0 Å². The van der Waals surface area contributed by atoms with Crippen molar-refractivity contribution in [2.75, 3.05) is 0 Å². The summed E-state index contributed by atoms with van der Waals surface area (Å²) in [6, 6.07) is 0. The van der Waals surface area contributed by atoms with Crippen LogP contribution in [0.25, 0.3) is 0 Å². The van der Waals surface area contributed by atoms with Gasteiger partial charge in [-0.25, -0.2) is 4.79 Å². The number of hydrogen-bond acceptors (Lipinski definition) is 1. The molecular formula is C15H22O2. The first-order chi connectivity index (χ1) is 7.84. The standard InChI is InChI=1S/C15H22O2/c1-13(2)6-4-7-14(3)8-5-10(12(16)17)11-9-15(11,13)14/h5,11H,4,6-9H2,1-3H3,(H,16,17)/t11-,14+,15+/m1/s1. The van der Waals surface area contributed by atoms with E-state index in [4.69, 9.17) is 0 Å². The maximum atomic E-state index is 11.3. The molecule has 0 aromatic rings. The van der Waals surface area contributed by atoms with E-state index in [9.17, 15) is 9.90 Å². The lowest BCUT2D eigenvalue weighted by molar-refractivity contribution is -0.133. The van der Waals surface area contributed by atoms with Gasteiger partial charge in [-0.1, -0.05) is 33.3 Å². The molecule has 0 aromatic carbocycles. The summed E-state index contributed by atoms with van der Waals surface area (Å²) in [7, 11) is 0. The maximum Gasteiger partial charge on any atom is 0.331 e. The summed E-state index contributed by atoms with van der Waals surface area (Å²) >= 11 is 0. The molecule has 3 rings (SSSR count). The molecule has 2 heteroatoms. The van der Waals surface area contributed by atoms with Gasteiger partial charge in [0.1, 0.15) is 0 Å². The van der Waals surface area contributed by atoms with Gasteiger partial charge >= 0.3 is 5.97 Å². The molecule has 17 heavy (non-hydrogen) atoms. The number of carboxylic acids is 1. The van der Waals surface area contributed by atoms with E-state index in [-0.39, 0.29) is 5.41 Å². The zero-order valence-corrected chi connectivity index (χ0v) is 11.0. The maximum absolute atomic E-state index is 11.3. The molecule has 0 amide bonds. The Hall–Kier alpha value is -0.790. The smallest absolute Gasteiger partial charge is 0.331 e. The highest BCUT2D eigenvalue weighted by molar-refractivity contribution is 5.88. The Labute approximate surface area is 103 Å². The SMILES string of the molecule is CC1(C)CCC[C@@]2(C)CC=C(C(=O)O)[C@H]3C[C@]312. The fourth-order valence-corrected chi connectivity index (χ4v) is 5.24. The van der Waals surface area contributed by atoms with Crippen molar-refractivity contribution in [2.45, 2.75) is 52.9 Å². The summed E-state index contributed by atoms with van der Waals surface area (Å²) in [6.45, 7) is 7.10. The van der Waals surface area contributed by atoms with Gasteiger partial charge in [0.15, 0.2) is 0 Å². The molecule has 1 N–H and O–H groups in total. The van der Waals surface area contributed by atoms with Gasteiger partial charge in [-0.3, -0.25) is 0 Å². The highest BCUT2D eigenvalue weighted by Gasteiger charge is 2.73. The largest absolute Gasteiger partial charge is 0.478 e. The first-order valence-electron chi connectivity index (χ1n) is 6.77. The van der Waals surface area contributed by atoms with Crippen molar-refractivity contribution in [3.05, 3.63) is 11.6 Å². The van der Waals surface area contributed by atoms with Crippen molar-refractivity contribution in [3.63, 3.8) is 0 Å².